The molecule has 1 unspecified atom stereocenters. The maximum absolute atomic E-state index is 5.84. The summed E-state index contributed by atoms with van der Waals surface area (Å²) in [6.45, 7) is 6.89. The maximum Gasteiger partial charge on any atom is 0.120 e. The predicted molar refractivity (Wildman–Crippen MR) is 64.3 cm³/mol. The van der Waals surface area contributed by atoms with Crippen LogP contribution in [0.25, 0.3) is 0 Å². The Hall–Kier alpha value is -1.02. The molecule has 0 aliphatic carbocycles. The van der Waals surface area contributed by atoms with Crippen LogP contribution in [0.5, 0.6) is 5.75 Å². The Morgan fingerprint density at radius 3 is 2.27 bits per heavy atom. The smallest absolute Gasteiger partial charge is 0.120 e. The molecule has 0 saturated carbocycles. The lowest BCUT2D eigenvalue weighted by atomic mass is 10.1. The van der Waals surface area contributed by atoms with Gasteiger partial charge in [-0.2, -0.15) is 0 Å². The van der Waals surface area contributed by atoms with Gasteiger partial charge in [-0.1, -0.05) is 19.4 Å². The van der Waals surface area contributed by atoms with E-state index in [0.717, 1.165) is 18.6 Å². The molecule has 0 fully saturated rings. The first-order valence-electron chi connectivity index (χ1n) is 5.60. The monoisotopic (exact) mass is 207 g/mol. The summed E-state index contributed by atoms with van der Waals surface area (Å²) in [6, 6.07) is 6.26. The Bertz CT molecular complexity index is 289. The minimum Gasteiger partial charge on any atom is -0.489 e. The van der Waals surface area contributed by atoms with Gasteiger partial charge in [-0.15, -0.1) is 0 Å². The van der Waals surface area contributed by atoms with Crippen molar-refractivity contribution >= 4 is 0 Å². The van der Waals surface area contributed by atoms with Crippen LogP contribution in [0.3, 0.4) is 0 Å². The molecule has 2 nitrogen and oxygen atoms in total. The minimum atomic E-state index is 0.149. The zero-order chi connectivity index (χ0) is 11.3. The molecule has 84 valence electrons. The van der Waals surface area contributed by atoms with Gasteiger partial charge < -0.3 is 10.5 Å². The van der Waals surface area contributed by atoms with Crippen molar-refractivity contribution in [3.05, 3.63) is 29.3 Å². The lowest BCUT2D eigenvalue weighted by Crippen LogP contribution is -2.26. The van der Waals surface area contributed by atoms with Gasteiger partial charge in [0.1, 0.15) is 11.9 Å². The van der Waals surface area contributed by atoms with Crippen molar-refractivity contribution in [2.45, 2.75) is 39.7 Å². The van der Waals surface area contributed by atoms with Crippen molar-refractivity contribution in [1.82, 2.24) is 0 Å². The second-order valence-corrected chi connectivity index (χ2v) is 4.09. The number of rotatable bonds is 5. The Balaban J connectivity index is 2.69. The van der Waals surface area contributed by atoms with Crippen LogP contribution in [0.1, 0.15) is 30.9 Å². The molecule has 0 aliphatic rings. The van der Waals surface area contributed by atoms with E-state index in [9.17, 15) is 0 Å². The van der Waals surface area contributed by atoms with E-state index in [2.05, 4.69) is 39.0 Å². The van der Waals surface area contributed by atoms with E-state index >= 15 is 0 Å². The fourth-order valence-corrected chi connectivity index (χ4v) is 1.74. The molecule has 1 atom stereocenters. The van der Waals surface area contributed by atoms with Crippen LogP contribution in [0, 0.1) is 13.8 Å². The summed E-state index contributed by atoms with van der Waals surface area (Å²) >= 11 is 0. The number of ether oxygens (including phenoxy) is 1. The average Bonchev–Trinajstić information content (AvgIpc) is 2.15. The molecule has 1 rings (SSSR count). The van der Waals surface area contributed by atoms with E-state index in [1.165, 1.54) is 11.1 Å². The topological polar surface area (TPSA) is 35.2 Å². The largest absolute Gasteiger partial charge is 0.489 e. The van der Waals surface area contributed by atoms with Gasteiger partial charge in [-0.05, 0) is 43.5 Å². The highest BCUT2D eigenvalue weighted by atomic mass is 16.5. The van der Waals surface area contributed by atoms with Crippen molar-refractivity contribution < 1.29 is 4.74 Å². The van der Waals surface area contributed by atoms with E-state index in [-0.39, 0.29) is 6.10 Å². The van der Waals surface area contributed by atoms with Gasteiger partial charge in [-0.25, -0.2) is 0 Å². The summed E-state index contributed by atoms with van der Waals surface area (Å²) < 4.78 is 5.84. The van der Waals surface area contributed by atoms with Crippen LogP contribution in [-0.2, 0) is 0 Å². The first kappa shape index (κ1) is 12.1. The molecule has 0 amide bonds. The quantitative estimate of drug-likeness (QED) is 0.805. The van der Waals surface area contributed by atoms with Gasteiger partial charge in [0.2, 0.25) is 0 Å². The molecule has 2 N–H and O–H groups in total. The molecule has 0 aromatic heterocycles. The minimum absolute atomic E-state index is 0.149. The molecule has 0 saturated heterocycles. The van der Waals surface area contributed by atoms with Gasteiger partial charge in [-0.3, -0.25) is 0 Å². The first-order chi connectivity index (χ1) is 7.15. The fraction of sp³-hybridized carbons (Fsp3) is 0.538. The molecule has 0 bridgehead atoms. The summed E-state index contributed by atoms with van der Waals surface area (Å²) in [4.78, 5) is 0. The van der Waals surface area contributed by atoms with Crippen LogP contribution in [0.4, 0.5) is 0 Å². The average molecular weight is 207 g/mol. The SMILES string of the molecule is CCCC(CN)Oc1cc(C)cc(C)c1. The second kappa shape index (κ2) is 5.76. The Labute approximate surface area is 92.4 Å². The van der Waals surface area contributed by atoms with Crippen LogP contribution < -0.4 is 10.5 Å². The number of benzene rings is 1. The van der Waals surface area contributed by atoms with E-state index < -0.39 is 0 Å². The summed E-state index contributed by atoms with van der Waals surface area (Å²) in [5.41, 5.74) is 8.12. The second-order valence-electron chi connectivity index (χ2n) is 4.09. The lowest BCUT2D eigenvalue weighted by molar-refractivity contribution is 0.198. The number of nitrogens with two attached hydrogens (primary N) is 1. The van der Waals surface area contributed by atoms with E-state index in [1.807, 2.05) is 0 Å². The highest BCUT2D eigenvalue weighted by Crippen LogP contribution is 2.18. The molecule has 0 heterocycles. The normalized spacial score (nSPS) is 12.5. The molecule has 15 heavy (non-hydrogen) atoms. The molecular weight excluding hydrogens is 186 g/mol. The predicted octanol–water partition coefficient (Wildman–Crippen LogP) is 2.81. The fourth-order valence-electron chi connectivity index (χ4n) is 1.74. The van der Waals surface area contributed by atoms with E-state index in [4.69, 9.17) is 10.5 Å². The van der Waals surface area contributed by atoms with Crippen molar-refractivity contribution in [1.29, 1.82) is 0 Å². The standard InChI is InChI=1S/C13H21NO/c1-4-5-12(9-14)15-13-7-10(2)6-11(3)8-13/h6-8,12H,4-5,9,14H2,1-3H3. The highest BCUT2D eigenvalue weighted by Gasteiger charge is 2.07. The zero-order valence-corrected chi connectivity index (χ0v) is 9.92. The molecule has 1 aromatic carbocycles. The van der Waals surface area contributed by atoms with Gasteiger partial charge in [0.05, 0.1) is 0 Å². The van der Waals surface area contributed by atoms with Crippen LogP contribution in [0.15, 0.2) is 18.2 Å². The molecule has 1 aromatic rings. The van der Waals surface area contributed by atoms with Crippen molar-refractivity contribution in [2.75, 3.05) is 6.54 Å². The Morgan fingerprint density at radius 2 is 1.80 bits per heavy atom. The van der Waals surface area contributed by atoms with Crippen LogP contribution in [-0.4, -0.2) is 12.6 Å². The molecule has 0 aliphatic heterocycles. The van der Waals surface area contributed by atoms with Gasteiger partial charge in [0.25, 0.3) is 0 Å². The number of hydrogen-bond acceptors (Lipinski definition) is 2. The Morgan fingerprint density at radius 1 is 1.20 bits per heavy atom. The third-order valence-corrected chi connectivity index (χ3v) is 2.37. The summed E-state index contributed by atoms with van der Waals surface area (Å²) in [7, 11) is 0. The molecule has 2 heteroatoms. The van der Waals surface area contributed by atoms with Gasteiger partial charge in [0, 0.05) is 6.54 Å². The van der Waals surface area contributed by atoms with Crippen molar-refractivity contribution in [2.24, 2.45) is 5.73 Å². The third-order valence-electron chi connectivity index (χ3n) is 2.37. The maximum atomic E-state index is 5.84. The van der Waals surface area contributed by atoms with Crippen molar-refractivity contribution in [3.63, 3.8) is 0 Å². The third kappa shape index (κ3) is 3.92. The molecule has 0 spiro atoms. The summed E-state index contributed by atoms with van der Waals surface area (Å²) in [5.74, 6) is 0.941. The van der Waals surface area contributed by atoms with Crippen LogP contribution in [0.2, 0.25) is 0 Å². The lowest BCUT2D eigenvalue weighted by Gasteiger charge is -2.17. The Kier molecular flexibility index (Phi) is 4.63. The number of aryl methyl sites for hydroxylation is 2. The number of hydrogen-bond donors (Lipinski definition) is 1. The zero-order valence-electron chi connectivity index (χ0n) is 9.92. The van der Waals surface area contributed by atoms with Crippen LogP contribution >= 0.6 is 0 Å². The van der Waals surface area contributed by atoms with E-state index in [0.29, 0.717) is 6.54 Å². The first-order valence-corrected chi connectivity index (χ1v) is 5.60. The molecule has 0 radical (unpaired) electrons. The highest BCUT2D eigenvalue weighted by molar-refractivity contribution is 5.33. The van der Waals surface area contributed by atoms with Gasteiger partial charge >= 0.3 is 0 Å². The summed E-state index contributed by atoms with van der Waals surface area (Å²) in [6.07, 6.45) is 2.27. The molecular formula is C13H21NO. The summed E-state index contributed by atoms with van der Waals surface area (Å²) in [5, 5.41) is 0. The van der Waals surface area contributed by atoms with Crippen molar-refractivity contribution in [3.8, 4) is 5.75 Å². The van der Waals surface area contributed by atoms with E-state index in [1.54, 1.807) is 0 Å². The van der Waals surface area contributed by atoms with Gasteiger partial charge in [0.15, 0.2) is 0 Å².